The Hall–Kier alpha value is -2.07. The zero-order chi connectivity index (χ0) is 14.2. The van der Waals surface area contributed by atoms with E-state index in [9.17, 15) is 0 Å². The smallest absolute Gasteiger partial charge is 0.161 e. The third-order valence-corrected chi connectivity index (χ3v) is 2.83. The number of benzene rings is 1. The van der Waals surface area contributed by atoms with Crippen LogP contribution >= 0.6 is 0 Å². The molecule has 2 rings (SSSR count). The highest BCUT2D eigenvalue weighted by atomic mass is 16.5. The van der Waals surface area contributed by atoms with E-state index in [0.29, 0.717) is 13.2 Å². The van der Waals surface area contributed by atoms with Crippen molar-refractivity contribution >= 4 is 0 Å². The Labute approximate surface area is 119 Å². The molecule has 0 radical (unpaired) electrons. The Bertz CT molecular complexity index is 529. The number of nitrogens with zero attached hydrogens (tertiary/aromatic N) is 1. The molecule has 0 atom stereocenters. The van der Waals surface area contributed by atoms with Gasteiger partial charge >= 0.3 is 0 Å². The van der Waals surface area contributed by atoms with Crippen molar-refractivity contribution in [3.8, 4) is 11.5 Å². The lowest BCUT2D eigenvalue weighted by molar-refractivity contribution is 0.269. The maximum atomic E-state index is 5.84. The number of ether oxygens (including phenoxy) is 2. The molecule has 106 valence electrons. The van der Waals surface area contributed by atoms with Gasteiger partial charge in [0.25, 0.3) is 0 Å². The van der Waals surface area contributed by atoms with Crippen LogP contribution in [0.4, 0.5) is 0 Å². The average Bonchev–Trinajstić information content (AvgIpc) is 2.48. The van der Waals surface area contributed by atoms with Gasteiger partial charge in [-0.1, -0.05) is 6.07 Å². The third-order valence-electron chi connectivity index (χ3n) is 2.83. The van der Waals surface area contributed by atoms with Crippen LogP contribution in [0, 0.1) is 0 Å². The molecule has 0 aliphatic rings. The lowest BCUT2D eigenvalue weighted by atomic mass is 10.2. The van der Waals surface area contributed by atoms with Crippen LogP contribution in [0.1, 0.15) is 18.1 Å². The van der Waals surface area contributed by atoms with Gasteiger partial charge in [0.15, 0.2) is 11.5 Å². The summed E-state index contributed by atoms with van der Waals surface area (Å²) in [6.45, 7) is 3.91. The number of nitrogens with one attached hydrogen (secondary N) is 1. The van der Waals surface area contributed by atoms with Crippen LogP contribution in [-0.2, 0) is 13.2 Å². The van der Waals surface area contributed by atoms with Crippen molar-refractivity contribution in [2.24, 2.45) is 0 Å². The normalized spacial score (nSPS) is 10.3. The number of hydrogen-bond acceptors (Lipinski definition) is 4. The molecule has 1 aromatic carbocycles. The van der Waals surface area contributed by atoms with Gasteiger partial charge in [0, 0.05) is 18.9 Å². The van der Waals surface area contributed by atoms with E-state index >= 15 is 0 Å². The third kappa shape index (κ3) is 3.96. The zero-order valence-corrected chi connectivity index (χ0v) is 11.9. The fraction of sp³-hybridized carbons (Fsp3) is 0.312. The summed E-state index contributed by atoms with van der Waals surface area (Å²) in [5.74, 6) is 1.55. The first-order valence-electron chi connectivity index (χ1n) is 6.75. The molecule has 0 aliphatic carbocycles. The van der Waals surface area contributed by atoms with Crippen molar-refractivity contribution in [1.29, 1.82) is 0 Å². The summed E-state index contributed by atoms with van der Waals surface area (Å²) in [6, 6.07) is 9.90. The van der Waals surface area contributed by atoms with E-state index in [4.69, 9.17) is 9.47 Å². The molecule has 1 aromatic heterocycles. The Morgan fingerprint density at radius 1 is 1.00 bits per heavy atom. The molecule has 0 unspecified atom stereocenters. The highest BCUT2D eigenvalue weighted by Gasteiger charge is 2.06. The van der Waals surface area contributed by atoms with Crippen LogP contribution in [0.2, 0.25) is 0 Å². The molecule has 0 saturated carbocycles. The predicted molar refractivity (Wildman–Crippen MR) is 78.9 cm³/mol. The Balaban J connectivity index is 2.09. The monoisotopic (exact) mass is 272 g/mol. The Morgan fingerprint density at radius 3 is 2.50 bits per heavy atom. The van der Waals surface area contributed by atoms with Crippen molar-refractivity contribution in [3.63, 3.8) is 0 Å². The number of hydrogen-bond donors (Lipinski definition) is 1. The summed E-state index contributed by atoms with van der Waals surface area (Å²) in [4.78, 5) is 3.99. The van der Waals surface area contributed by atoms with Crippen LogP contribution < -0.4 is 14.8 Å². The molecule has 4 nitrogen and oxygen atoms in total. The first kappa shape index (κ1) is 14.3. The van der Waals surface area contributed by atoms with E-state index in [1.807, 2.05) is 44.3 Å². The number of pyridine rings is 1. The van der Waals surface area contributed by atoms with Gasteiger partial charge in [-0.05, 0) is 49.4 Å². The minimum atomic E-state index is 0.508. The molecule has 0 fully saturated rings. The van der Waals surface area contributed by atoms with Gasteiger partial charge in [-0.15, -0.1) is 0 Å². The van der Waals surface area contributed by atoms with Gasteiger partial charge in [0.1, 0.15) is 6.61 Å². The van der Waals surface area contributed by atoms with Gasteiger partial charge in [0.05, 0.1) is 6.61 Å². The molecule has 0 bridgehead atoms. The highest BCUT2D eigenvalue weighted by Crippen LogP contribution is 2.29. The quantitative estimate of drug-likeness (QED) is 0.841. The Kier molecular flexibility index (Phi) is 5.38. The first-order chi connectivity index (χ1) is 9.83. The van der Waals surface area contributed by atoms with Crippen molar-refractivity contribution in [1.82, 2.24) is 10.3 Å². The minimum Gasteiger partial charge on any atom is -0.490 e. The van der Waals surface area contributed by atoms with Crippen LogP contribution in [0.5, 0.6) is 11.5 Å². The summed E-state index contributed by atoms with van der Waals surface area (Å²) in [6.07, 6.45) is 3.52. The summed E-state index contributed by atoms with van der Waals surface area (Å²) in [5.41, 5.74) is 2.26. The zero-order valence-electron chi connectivity index (χ0n) is 11.9. The molecule has 2 aromatic rings. The molecule has 0 spiro atoms. The van der Waals surface area contributed by atoms with Crippen molar-refractivity contribution in [3.05, 3.63) is 53.9 Å². The van der Waals surface area contributed by atoms with Crippen molar-refractivity contribution < 1.29 is 9.47 Å². The molecule has 4 heteroatoms. The lowest BCUT2D eigenvalue weighted by Gasteiger charge is -2.13. The van der Waals surface area contributed by atoms with E-state index in [1.54, 1.807) is 12.4 Å². The molecule has 1 N–H and O–H groups in total. The van der Waals surface area contributed by atoms with Crippen LogP contribution in [0.15, 0.2) is 42.7 Å². The second-order valence-corrected chi connectivity index (χ2v) is 4.39. The minimum absolute atomic E-state index is 0.508. The van der Waals surface area contributed by atoms with Crippen molar-refractivity contribution in [2.75, 3.05) is 13.7 Å². The highest BCUT2D eigenvalue weighted by molar-refractivity contribution is 5.43. The molecule has 20 heavy (non-hydrogen) atoms. The second kappa shape index (κ2) is 7.50. The molecular formula is C16H20N2O2. The molecule has 0 aliphatic heterocycles. The van der Waals surface area contributed by atoms with Crippen LogP contribution in [0.3, 0.4) is 0 Å². The Morgan fingerprint density at radius 2 is 1.80 bits per heavy atom. The van der Waals surface area contributed by atoms with Crippen LogP contribution in [0.25, 0.3) is 0 Å². The fourth-order valence-electron chi connectivity index (χ4n) is 1.89. The second-order valence-electron chi connectivity index (χ2n) is 4.39. The standard InChI is InChI=1S/C16H20N2O2/c1-3-19-16-10-14(11-17-2)4-5-15(16)20-12-13-6-8-18-9-7-13/h4-10,17H,3,11-12H2,1-2H3. The van der Waals surface area contributed by atoms with Gasteiger partial charge in [-0.3, -0.25) is 4.98 Å². The van der Waals surface area contributed by atoms with Gasteiger partial charge < -0.3 is 14.8 Å². The summed E-state index contributed by atoms with van der Waals surface area (Å²) in [7, 11) is 1.92. The molecular weight excluding hydrogens is 252 g/mol. The number of rotatable bonds is 7. The predicted octanol–water partition coefficient (Wildman–Crippen LogP) is 2.78. The molecule has 0 saturated heterocycles. The van der Waals surface area contributed by atoms with Crippen LogP contribution in [-0.4, -0.2) is 18.6 Å². The SMILES string of the molecule is CCOc1cc(CNC)ccc1OCc1ccncc1. The average molecular weight is 272 g/mol. The fourth-order valence-corrected chi connectivity index (χ4v) is 1.89. The molecule has 1 heterocycles. The summed E-state index contributed by atoms with van der Waals surface area (Å²) >= 11 is 0. The first-order valence-corrected chi connectivity index (χ1v) is 6.75. The summed E-state index contributed by atoms with van der Waals surface area (Å²) in [5, 5.41) is 3.13. The van der Waals surface area contributed by atoms with E-state index in [-0.39, 0.29) is 0 Å². The van der Waals surface area contributed by atoms with Gasteiger partial charge in [0.2, 0.25) is 0 Å². The maximum Gasteiger partial charge on any atom is 0.161 e. The van der Waals surface area contributed by atoms with Gasteiger partial charge in [-0.25, -0.2) is 0 Å². The molecule has 0 amide bonds. The largest absolute Gasteiger partial charge is 0.490 e. The summed E-state index contributed by atoms with van der Waals surface area (Å²) < 4.78 is 11.5. The van der Waals surface area contributed by atoms with E-state index in [0.717, 1.165) is 23.6 Å². The topological polar surface area (TPSA) is 43.4 Å². The van der Waals surface area contributed by atoms with E-state index in [2.05, 4.69) is 10.3 Å². The van der Waals surface area contributed by atoms with E-state index in [1.165, 1.54) is 5.56 Å². The lowest BCUT2D eigenvalue weighted by Crippen LogP contribution is -2.06. The van der Waals surface area contributed by atoms with Gasteiger partial charge in [-0.2, -0.15) is 0 Å². The van der Waals surface area contributed by atoms with E-state index < -0.39 is 0 Å². The number of aromatic nitrogens is 1. The maximum absolute atomic E-state index is 5.84. The van der Waals surface area contributed by atoms with Crippen molar-refractivity contribution in [2.45, 2.75) is 20.1 Å².